The first kappa shape index (κ1) is 14.2. The Balaban J connectivity index is 3.12. The van der Waals surface area contributed by atoms with Crippen LogP contribution in [0.1, 0.15) is 49.9 Å². The zero-order chi connectivity index (χ0) is 13.2. The van der Waals surface area contributed by atoms with Gasteiger partial charge >= 0.3 is 0 Å². The van der Waals surface area contributed by atoms with Gasteiger partial charge in [0.1, 0.15) is 5.82 Å². The smallest absolute Gasteiger partial charge is 0.128 e. The quantitative estimate of drug-likeness (QED) is 0.833. The molecule has 1 aromatic rings. The Labute approximate surface area is 104 Å². The van der Waals surface area contributed by atoms with Gasteiger partial charge in [0.2, 0.25) is 0 Å². The predicted octanol–water partition coefficient (Wildman–Crippen LogP) is 4.14. The van der Waals surface area contributed by atoms with Crippen molar-refractivity contribution in [2.75, 3.05) is 7.05 Å². The molecule has 0 aliphatic heterocycles. The van der Waals surface area contributed by atoms with Crippen molar-refractivity contribution in [3.8, 4) is 0 Å². The van der Waals surface area contributed by atoms with Gasteiger partial charge in [-0.3, -0.25) is 0 Å². The van der Waals surface area contributed by atoms with E-state index in [2.05, 4.69) is 26.1 Å². The number of nitrogens with one attached hydrogen (secondary N) is 1. The van der Waals surface area contributed by atoms with Crippen molar-refractivity contribution in [1.29, 1.82) is 0 Å². The van der Waals surface area contributed by atoms with Crippen LogP contribution in [0.15, 0.2) is 12.1 Å². The summed E-state index contributed by atoms with van der Waals surface area (Å²) >= 11 is 0. The molecule has 1 rings (SSSR count). The molecule has 0 amide bonds. The maximum absolute atomic E-state index is 14.1. The Morgan fingerprint density at radius 2 is 1.82 bits per heavy atom. The van der Waals surface area contributed by atoms with Crippen molar-refractivity contribution < 1.29 is 4.39 Å². The van der Waals surface area contributed by atoms with E-state index in [0.717, 1.165) is 23.1 Å². The van der Waals surface area contributed by atoms with E-state index in [4.69, 9.17) is 0 Å². The van der Waals surface area contributed by atoms with Crippen LogP contribution in [0.2, 0.25) is 0 Å². The Kier molecular flexibility index (Phi) is 4.31. The SMILES string of the molecule is CNC(CC(C)(C)C)c1c(C)cc(C)cc1F. The summed E-state index contributed by atoms with van der Waals surface area (Å²) in [6.07, 6.45) is 0.921. The Bertz CT molecular complexity index is 367. The molecule has 0 saturated carbocycles. The number of hydrogen-bond donors (Lipinski definition) is 1. The van der Waals surface area contributed by atoms with E-state index in [1.165, 1.54) is 0 Å². The largest absolute Gasteiger partial charge is 0.313 e. The van der Waals surface area contributed by atoms with Crippen molar-refractivity contribution in [2.24, 2.45) is 5.41 Å². The van der Waals surface area contributed by atoms with Crippen LogP contribution < -0.4 is 5.32 Å². The molecular weight excluding hydrogens is 213 g/mol. The molecule has 0 heterocycles. The summed E-state index contributed by atoms with van der Waals surface area (Å²) in [7, 11) is 1.90. The summed E-state index contributed by atoms with van der Waals surface area (Å²) in [5.74, 6) is -0.0916. The molecule has 0 spiro atoms. The Morgan fingerprint density at radius 1 is 1.24 bits per heavy atom. The van der Waals surface area contributed by atoms with Gasteiger partial charge in [-0.1, -0.05) is 26.8 Å². The first-order valence-electron chi connectivity index (χ1n) is 6.18. The third-order valence-corrected chi connectivity index (χ3v) is 2.99. The highest BCUT2D eigenvalue weighted by molar-refractivity contribution is 5.34. The van der Waals surface area contributed by atoms with E-state index < -0.39 is 0 Å². The van der Waals surface area contributed by atoms with Gasteiger partial charge in [0, 0.05) is 11.6 Å². The molecule has 0 radical (unpaired) electrons. The first-order chi connectivity index (χ1) is 7.74. The third kappa shape index (κ3) is 3.81. The van der Waals surface area contributed by atoms with Crippen LogP contribution in [0, 0.1) is 25.1 Å². The van der Waals surface area contributed by atoms with Gasteiger partial charge in [-0.05, 0) is 49.9 Å². The van der Waals surface area contributed by atoms with Crippen LogP contribution in [0.25, 0.3) is 0 Å². The predicted molar refractivity (Wildman–Crippen MR) is 71.7 cm³/mol. The lowest BCUT2D eigenvalue weighted by atomic mass is 9.84. The highest BCUT2D eigenvalue weighted by Gasteiger charge is 2.22. The zero-order valence-corrected chi connectivity index (χ0v) is 11.8. The van der Waals surface area contributed by atoms with E-state index in [1.54, 1.807) is 6.07 Å². The summed E-state index contributed by atoms with van der Waals surface area (Å²) in [4.78, 5) is 0. The van der Waals surface area contributed by atoms with Crippen LogP contribution in [-0.4, -0.2) is 7.05 Å². The molecule has 0 aliphatic rings. The maximum atomic E-state index is 14.1. The second-order valence-electron chi connectivity index (χ2n) is 6.08. The fourth-order valence-electron chi connectivity index (χ4n) is 2.33. The van der Waals surface area contributed by atoms with Gasteiger partial charge in [-0.15, -0.1) is 0 Å². The number of halogens is 1. The Morgan fingerprint density at radius 3 is 2.24 bits per heavy atom. The molecule has 0 bridgehead atoms. The minimum Gasteiger partial charge on any atom is -0.313 e. The summed E-state index contributed by atoms with van der Waals surface area (Å²) in [5, 5.41) is 3.24. The van der Waals surface area contributed by atoms with E-state index in [0.29, 0.717) is 0 Å². The van der Waals surface area contributed by atoms with Gasteiger partial charge < -0.3 is 5.32 Å². The lowest BCUT2D eigenvalue weighted by molar-refractivity contribution is 0.315. The lowest BCUT2D eigenvalue weighted by Crippen LogP contribution is -2.24. The highest BCUT2D eigenvalue weighted by atomic mass is 19.1. The van der Waals surface area contributed by atoms with Crippen molar-refractivity contribution >= 4 is 0 Å². The summed E-state index contributed by atoms with van der Waals surface area (Å²) in [6.45, 7) is 10.5. The van der Waals surface area contributed by atoms with E-state index in [1.807, 2.05) is 27.0 Å². The minimum absolute atomic E-state index is 0.0793. The summed E-state index contributed by atoms with van der Waals surface area (Å²) in [6, 6.07) is 3.75. The monoisotopic (exact) mass is 237 g/mol. The fraction of sp³-hybridized carbons (Fsp3) is 0.600. The highest BCUT2D eigenvalue weighted by Crippen LogP contribution is 2.32. The van der Waals surface area contributed by atoms with E-state index in [-0.39, 0.29) is 17.3 Å². The van der Waals surface area contributed by atoms with Crippen LogP contribution >= 0.6 is 0 Å². The molecule has 1 atom stereocenters. The number of benzene rings is 1. The van der Waals surface area contributed by atoms with Gasteiger partial charge in [-0.25, -0.2) is 4.39 Å². The molecular formula is C15H24FN. The minimum atomic E-state index is -0.0916. The molecule has 0 saturated heterocycles. The fourth-order valence-corrected chi connectivity index (χ4v) is 2.33. The van der Waals surface area contributed by atoms with Crippen molar-refractivity contribution in [2.45, 2.75) is 47.1 Å². The van der Waals surface area contributed by atoms with Crippen LogP contribution in [0.5, 0.6) is 0 Å². The van der Waals surface area contributed by atoms with Gasteiger partial charge in [0.05, 0.1) is 0 Å². The first-order valence-corrected chi connectivity index (χ1v) is 6.18. The topological polar surface area (TPSA) is 12.0 Å². The van der Waals surface area contributed by atoms with Gasteiger partial charge in [0.15, 0.2) is 0 Å². The van der Waals surface area contributed by atoms with Gasteiger partial charge in [-0.2, -0.15) is 0 Å². The molecule has 0 aliphatic carbocycles. The van der Waals surface area contributed by atoms with Crippen LogP contribution in [0.4, 0.5) is 4.39 Å². The number of hydrogen-bond acceptors (Lipinski definition) is 1. The maximum Gasteiger partial charge on any atom is 0.128 e. The summed E-state index contributed by atoms with van der Waals surface area (Å²) in [5.41, 5.74) is 3.01. The lowest BCUT2D eigenvalue weighted by Gasteiger charge is -2.27. The van der Waals surface area contributed by atoms with E-state index >= 15 is 0 Å². The Hall–Kier alpha value is -0.890. The summed E-state index contributed by atoms with van der Waals surface area (Å²) < 4.78 is 14.1. The molecule has 96 valence electrons. The second-order valence-corrected chi connectivity index (χ2v) is 6.08. The van der Waals surface area contributed by atoms with Crippen molar-refractivity contribution in [3.05, 3.63) is 34.6 Å². The molecule has 1 N–H and O–H groups in total. The van der Waals surface area contributed by atoms with Crippen LogP contribution in [-0.2, 0) is 0 Å². The normalized spacial score (nSPS) is 13.8. The number of rotatable bonds is 3. The standard InChI is InChI=1S/C15H24FN/c1-10-7-11(2)14(12(16)8-10)13(17-6)9-15(3,4)5/h7-8,13,17H,9H2,1-6H3. The molecule has 1 aromatic carbocycles. The molecule has 1 unspecified atom stereocenters. The second kappa shape index (κ2) is 5.18. The third-order valence-electron chi connectivity index (χ3n) is 2.99. The molecule has 2 heteroatoms. The number of aryl methyl sites for hydroxylation is 2. The molecule has 1 nitrogen and oxygen atoms in total. The molecule has 17 heavy (non-hydrogen) atoms. The van der Waals surface area contributed by atoms with Crippen molar-refractivity contribution in [3.63, 3.8) is 0 Å². The van der Waals surface area contributed by atoms with Crippen molar-refractivity contribution in [1.82, 2.24) is 5.32 Å². The molecule has 0 fully saturated rings. The van der Waals surface area contributed by atoms with E-state index in [9.17, 15) is 4.39 Å². The van der Waals surface area contributed by atoms with Crippen LogP contribution in [0.3, 0.4) is 0 Å². The zero-order valence-electron chi connectivity index (χ0n) is 11.8. The average molecular weight is 237 g/mol. The molecule has 0 aromatic heterocycles. The average Bonchev–Trinajstić information content (AvgIpc) is 2.12. The van der Waals surface area contributed by atoms with Gasteiger partial charge in [0.25, 0.3) is 0 Å².